The summed E-state index contributed by atoms with van der Waals surface area (Å²) >= 11 is 0. The summed E-state index contributed by atoms with van der Waals surface area (Å²) in [7, 11) is 0. The summed E-state index contributed by atoms with van der Waals surface area (Å²) in [6.07, 6.45) is 1.87. The highest BCUT2D eigenvalue weighted by atomic mass is 16.5. The molecule has 2 heterocycles. The van der Waals surface area contributed by atoms with Crippen LogP contribution in [0.5, 0.6) is 0 Å². The van der Waals surface area contributed by atoms with Gasteiger partial charge in [-0.25, -0.2) is 0 Å². The molecular formula is C14H14N2O. The van der Waals surface area contributed by atoms with Gasteiger partial charge in [-0.05, 0) is 11.6 Å². The molecule has 3 nitrogen and oxygen atoms in total. The topological polar surface area (TPSA) is 48.1 Å². The van der Waals surface area contributed by atoms with Crippen LogP contribution in [-0.2, 0) is 10.3 Å². The fourth-order valence-electron chi connectivity index (χ4n) is 1.96. The molecule has 1 saturated heterocycles. The second-order valence-electron chi connectivity index (χ2n) is 4.45. The Kier molecular flexibility index (Phi) is 2.42. The van der Waals surface area contributed by atoms with Crippen LogP contribution >= 0.6 is 0 Å². The molecule has 3 heteroatoms. The first-order chi connectivity index (χ1) is 8.28. The number of aromatic nitrogens is 1. The van der Waals surface area contributed by atoms with Gasteiger partial charge in [0.05, 0.1) is 18.9 Å². The van der Waals surface area contributed by atoms with Gasteiger partial charge in [0.1, 0.15) is 5.54 Å². The quantitative estimate of drug-likeness (QED) is 0.851. The molecule has 0 unspecified atom stereocenters. The largest absolute Gasteiger partial charge is 0.377 e. The summed E-state index contributed by atoms with van der Waals surface area (Å²) in [6.45, 7) is 1.12. The van der Waals surface area contributed by atoms with E-state index in [1.807, 2.05) is 30.5 Å². The Bertz CT molecular complexity index is 504. The van der Waals surface area contributed by atoms with Crippen molar-refractivity contribution in [3.63, 3.8) is 0 Å². The van der Waals surface area contributed by atoms with Gasteiger partial charge >= 0.3 is 0 Å². The van der Waals surface area contributed by atoms with Crippen molar-refractivity contribution in [2.24, 2.45) is 5.73 Å². The van der Waals surface area contributed by atoms with E-state index < -0.39 is 0 Å². The third kappa shape index (κ3) is 1.84. The van der Waals surface area contributed by atoms with E-state index in [2.05, 4.69) is 23.2 Å². The molecule has 1 aliphatic heterocycles. The molecular weight excluding hydrogens is 212 g/mol. The Morgan fingerprint density at radius 1 is 1.00 bits per heavy atom. The molecule has 86 valence electrons. The number of benzene rings is 1. The Morgan fingerprint density at radius 3 is 2.29 bits per heavy atom. The minimum Gasteiger partial charge on any atom is -0.377 e. The van der Waals surface area contributed by atoms with Crippen LogP contribution in [0.15, 0.2) is 48.7 Å². The zero-order valence-corrected chi connectivity index (χ0v) is 9.47. The van der Waals surface area contributed by atoms with Crippen LogP contribution < -0.4 is 5.73 Å². The van der Waals surface area contributed by atoms with Gasteiger partial charge < -0.3 is 10.5 Å². The van der Waals surface area contributed by atoms with E-state index in [1.165, 1.54) is 5.56 Å². The lowest BCUT2D eigenvalue weighted by Gasteiger charge is -2.37. The van der Waals surface area contributed by atoms with Crippen LogP contribution in [0.3, 0.4) is 0 Å². The Balaban J connectivity index is 1.90. The van der Waals surface area contributed by atoms with E-state index in [0.717, 1.165) is 11.3 Å². The van der Waals surface area contributed by atoms with Crippen molar-refractivity contribution in [2.75, 3.05) is 13.2 Å². The molecule has 2 N–H and O–H groups in total. The monoisotopic (exact) mass is 226 g/mol. The number of nitrogens with zero attached hydrogens (tertiary/aromatic N) is 1. The van der Waals surface area contributed by atoms with Gasteiger partial charge in [-0.2, -0.15) is 0 Å². The predicted octanol–water partition coefficient (Wildman–Crippen LogP) is 1.93. The maximum atomic E-state index is 6.13. The van der Waals surface area contributed by atoms with Crippen LogP contribution in [0, 0.1) is 0 Å². The molecule has 0 aliphatic carbocycles. The van der Waals surface area contributed by atoms with Crippen LogP contribution in [0.1, 0.15) is 5.69 Å². The molecule has 2 aromatic rings. The zero-order valence-electron chi connectivity index (χ0n) is 9.47. The highest BCUT2D eigenvalue weighted by Crippen LogP contribution is 2.26. The highest BCUT2D eigenvalue weighted by molar-refractivity contribution is 5.62. The first-order valence-corrected chi connectivity index (χ1v) is 5.66. The Morgan fingerprint density at radius 2 is 1.76 bits per heavy atom. The smallest absolute Gasteiger partial charge is 0.106 e. The van der Waals surface area contributed by atoms with Crippen LogP contribution in [0.4, 0.5) is 0 Å². The molecule has 0 spiro atoms. The van der Waals surface area contributed by atoms with Crippen molar-refractivity contribution < 1.29 is 4.74 Å². The summed E-state index contributed by atoms with van der Waals surface area (Å²) in [5.74, 6) is 0. The Hall–Kier alpha value is -1.71. The van der Waals surface area contributed by atoms with Crippen LogP contribution in [0.2, 0.25) is 0 Å². The second kappa shape index (κ2) is 3.95. The maximum absolute atomic E-state index is 6.13. The molecule has 0 radical (unpaired) electrons. The average Bonchev–Trinajstić information content (AvgIpc) is 2.37. The van der Waals surface area contributed by atoms with Crippen molar-refractivity contribution in [1.29, 1.82) is 0 Å². The van der Waals surface area contributed by atoms with Gasteiger partial charge in [0.15, 0.2) is 0 Å². The van der Waals surface area contributed by atoms with Crippen molar-refractivity contribution in [3.8, 4) is 11.1 Å². The normalized spacial score (nSPS) is 17.5. The number of rotatable bonds is 2. The number of ether oxygens (including phenoxy) is 1. The SMILES string of the molecule is NC1(c2ccc(-c3ccccc3)cn2)COC1. The molecule has 1 aliphatic rings. The highest BCUT2D eigenvalue weighted by Gasteiger charge is 2.37. The molecule has 0 saturated carbocycles. The van der Waals surface area contributed by atoms with E-state index in [9.17, 15) is 0 Å². The van der Waals surface area contributed by atoms with Gasteiger partial charge in [0.2, 0.25) is 0 Å². The minimum atomic E-state index is -0.380. The van der Waals surface area contributed by atoms with Crippen LogP contribution in [-0.4, -0.2) is 18.2 Å². The fourth-order valence-corrected chi connectivity index (χ4v) is 1.96. The van der Waals surface area contributed by atoms with Gasteiger partial charge in [-0.1, -0.05) is 36.4 Å². The van der Waals surface area contributed by atoms with Crippen molar-refractivity contribution in [2.45, 2.75) is 5.54 Å². The summed E-state index contributed by atoms with van der Waals surface area (Å²) in [6, 6.07) is 14.2. The zero-order chi connectivity index (χ0) is 11.7. The van der Waals surface area contributed by atoms with Crippen molar-refractivity contribution in [1.82, 2.24) is 4.98 Å². The Labute approximate surface area is 100 Å². The standard InChI is InChI=1S/C14H14N2O/c15-14(9-17-10-14)13-7-6-12(8-16-13)11-4-2-1-3-5-11/h1-8H,9-10,15H2. The van der Waals surface area contributed by atoms with Crippen LogP contribution in [0.25, 0.3) is 11.1 Å². The lowest BCUT2D eigenvalue weighted by Crippen LogP contribution is -2.54. The number of hydrogen-bond acceptors (Lipinski definition) is 3. The summed E-state index contributed by atoms with van der Waals surface area (Å²) in [4.78, 5) is 4.44. The van der Waals surface area contributed by atoms with E-state index >= 15 is 0 Å². The molecule has 1 fully saturated rings. The van der Waals surface area contributed by atoms with E-state index in [4.69, 9.17) is 10.5 Å². The van der Waals surface area contributed by atoms with Gasteiger partial charge in [-0.15, -0.1) is 0 Å². The molecule has 17 heavy (non-hydrogen) atoms. The summed E-state index contributed by atoms with van der Waals surface area (Å²) in [5, 5.41) is 0. The average molecular weight is 226 g/mol. The predicted molar refractivity (Wildman–Crippen MR) is 66.4 cm³/mol. The van der Waals surface area contributed by atoms with Crippen molar-refractivity contribution in [3.05, 3.63) is 54.4 Å². The molecule has 1 aromatic carbocycles. The molecule has 0 bridgehead atoms. The van der Waals surface area contributed by atoms with E-state index in [-0.39, 0.29) is 5.54 Å². The first kappa shape index (κ1) is 10.4. The van der Waals surface area contributed by atoms with E-state index in [1.54, 1.807) is 0 Å². The molecule has 0 atom stereocenters. The third-order valence-electron chi connectivity index (χ3n) is 3.10. The minimum absolute atomic E-state index is 0.380. The lowest BCUT2D eigenvalue weighted by molar-refractivity contribution is -0.0590. The number of hydrogen-bond donors (Lipinski definition) is 1. The summed E-state index contributed by atoms with van der Waals surface area (Å²) in [5.41, 5.74) is 8.93. The molecule has 3 rings (SSSR count). The van der Waals surface area contributed by atoms with E-state index in [0.29, 0.717) is 13.2 Å². The maximum Gasteiger partial charge on any atom is 0.106 e. The fraction of sp³-hybridized carbons (Fsp3) is 0.214. The number of pyridine rings is 1. The second-order valence-corrected chi connectivity index (χ2v) is 4.45. The first-order valence-electron chi connectivity index (χ1n) is 5.66. The lowest BCUT2D eigenvalue weighted by atomic mass is 9.93. The summed E-state index contributed by atoms with van der Waals surface area (Å²) < 4.78 is 5.14. The molecule has 0 amide bonds. The van der Waals surface area contributed by atoms with Crippen molar-refractivity contribution >= 4 is 0 Å². The number of nitrogens with two attached hydrogens (primary N) is 1. The molecule has 1 aromatic heterocycles. The third-order valence-corrected chi connectivity index (χ3v) is 3.10. The van der Waals surface area contributed by atoms with Gasteiger partial charge in [0, 0.05) is 11.8 Å². The van der Waals surface area contributed by atoms with Gasteiger partial charge in [-0.3, -0.25) is 4.98 Å². The van der Waals surface area contributed by atoms with Gasteiger partial charge in [0.25, 0.3) is 0 Å².